The molecule has 2 aliphatic heterocycles. The molecule has 0 aromatic carbocycles. The van der Waals surface area contributed by atoms with Gasteiger partial charge in [-0.15, -0.1) is 0 Å². The molecule has 0 amide bonds. The van der Waals surface area contributed by atoms with Gasteiger partial charge in [-0.1, -0.05) is 6.42 Å². The highest BCUT2D eigenvalue weighted by Gasteiger charge is 2.49. The average Bonchev–Trinajstić information content (AvgIpc) is 2.65. The second-order valence-corrected chi connectivity index (χ2v) is 5.06. The number of rotatable bonds is 2. The average molecular weight is 221 g/mol. The van der Waals surface area contributed by atoms with Crippen LogP contribution in [0, 0.1) is 6.92 Å². The summed E-state index contributed by atoms with van der Waals surface area (Å²) in [6.07, 6.45) is 3.85. The van der Waals surface area contributed by atoms with Gasteiger partial charge in [0.1, 0.15) is 11.5 Å². The summed E-state index contributed by atoms with van der Waals surface area (Å²) >= 11 is 0. The van der Waals surface area contributed by atoms with Gasteiger partial charge < -0.3 is 14.5 Å². The van der Waals surface area contributed by atoms with Crippen LogP contribution in [0.15, 0.2) is 16.5 Å². The van der Waals surface area contributed by atoms with Crippen LogP contribution < -0.4 is 5.32 Å². The van der Waals surface area contributed by atoms with Gasteiger partial charge in [-0.2, -0.15) is 0 Å². The summed E-state index contributed by atoms with van der Waals surface area (Å²) in [4.78, 5) is 0. The van der Waals surface area contributed by atoms with Gasteiger partial charge >= 0.3 is 0 Å². The Balaban J connectivity index is 1.87. The van der Waals surface area contributed by atoms with Crippen LogP contribution in [0.25, 0.3) is 0 Å². The van der Waals surface area contributed by atoms with E-state index in [1.54, 1.807) is 0 Å². The molecule has 1 N–H and O–H groups in total. The van der Waals surface area contributed by atoms with Crippen LogP contribution in [0.3, 0.4) is 0 Å². The molecule has 1 aromatic rings. The number of nitrogens with one attached hydrogen (secondary N) is 1. The summed E-state index contributed by atoms with van der Waals surface area (Å²) in [5.41, 5.74) is 0.106. The topological polar surface area (TPSA) is 34.4 Å². The van der Waals surface area contributed by atoms with Crippen molar-refractivity contribution >= 4 is 0 Å². The van der Waals surface area contributed by atoms with Crippen LogP contribution in [-0.2, 0) is 10.2 Å². The molecule has 16 heavy (non-hydrogen) atoms. The molecule has 0 bridgehead atoms. The fourth-order valence-corrected chi connectivity index (χ4v) is 2.86. The monoisotopic (exact) mass is 221 g/mol. The van der Waals surface area contributed by atoms with Crippen LogP contribution in [0.1, 0.15) is 30.8 Å². The molecule has 2 fully saturated rings. The molecule has 0 spiro atoms. The maximum atomic E-state index is 5.82. The Morgan fingerprint density at radius 1 is 1.31 bits per heavy atom. The molecule has 1 aromatic heterocycles. The maximum absolute atomic E-state index is 5.82. The zero-order valence-electron chi connectivity index (χ0n) is 9.79. The number of hydrogen-bond acceptors (Lipinski definition) is 3. The molecule has 3 rings (SSSR count). The Hall–Kier alpha value is -0.800. The van der Waals surface area contributed by atoms with Crippen molar-refractivity contribution in [2.24, 2.45) is 0 Å². The third-order valence-corrected chi connectivity index (χ3v) is 3.93. The Morgan fingerprint density at radius 2 is 2.19 bits per heavy atom. The molecule has 3 heterocycles. The van der Waals surface area contributed by atoms with Crippen LogP contribution in [0.5, 0.6) is 0 Å². The summed E-state index contributed by atoms with van der Waals surface area (Å²) in [7, 11) is 0. The molecule has 2 aliphatic rings. The minimum absolute atomic E-state index is 0.106. The molecule has 0 aliphatic carbocycles. The van der Waals surface area contributed by atoms with Crippen molar-refractivity contribution in [3.63, 3.8) is 0 Å². The van der Waals surface area contributed by atoms with Crippen LogP contribution >= 0.6 is 0 Å². The van der Waals surface area contributed by atoms with Gasteiger partial charge in [-0.25, -0.2) is 0 Å². The van der Waals surface area contributed by atoms with Gasteiger partial charge in [0.05, 0.1) is 18.6 Å². The van der Waals surface area contributed by atoms with Crippen LogP contribution in [0.4, 0.5) is 0 Å². The van der Waals surface area contributed by atoms with E-state index in [1.165, 1.54) is 19.3 Å². The second kappa shape index (κ2) is 3.90. The fraction of sp³-hybridized carbons (Fsp3) is 0.692. The first kappa shape index (κ1) is 10.4. The number of piperidine rings is 1. The highest BCUT2D eigenvalue weighted by Crippen LogP contribution is 2.39. The van der Waals surface area contributed by atoms with E-state index in [2.05, 4.69) is 17.4 Å². The Labute approximate surface area is 96.2 Å². The van der Waals surface area contributed by atoms with Crippen molar-refractivity contribution in [1.29, 1.82) is 0 Å². The lowest BCUT2D eigenvalue weighted by Crippen LogP contribution is -2.61. The number of ether oxygens (including phenoxy) is 1. The zero-order valence-corrected chi connectivity index (χ0v) is 9.79. The van der Waals surface area contributed by atoms with E-state index in [-0.39, 0.29) is 5.41 Å². The van der Waals surface area contributed by atoms with Crippen molar-refractivity contribution in [2.45, 2.75) is 37.6 Å². The number of furan rings is 1. The molecule has 3 nitrogen and oxygen atoms in total. The lowest BCUT2D eigenvalue weighted by Gasteiger charge is -2.47. The van der Waals surface area contributed by atoms with Gasteiger partial charge in [0, 0.05) is 6.04 Å². The van der Waals surface area contributed by atoms with E-state index in [1.807, 2.05) is 6.92 Å². The Kier molecular flexibility index (Phi) is 2.52. The van der Waals surface area contributed by atoms with Crippen LogP contribution in [0.2, 0.25) is 0 Å². The molecular formula is C13H19NO2. The van der Waals surface area contributed by atoms with E-state index in [0.29, 0.717) is 6.04 Å². The number of aryl methyl sites for hydroxylation is 1. The standard InChI is InChI=1S/C13H19NO2/c1-10-5-6-12(16-10)13(8-15-9-13)11-4-2-3-7-14-11/h5-6,11,14H,2-4,7-9H2,1H3. The number of hydrogen-bond donors (Lipinski definition) is 1. The summed E-state index contributed by atoms with van der Waals surface area (Å²) in [6.45, 7) is 4.74. The van der Waals surface area contributed by atoms with Gasteiger partial charge in [0.2, 0.25) is 0 Å². The summed E-state index contributed by atoms with van der Waals surface area (Å²) < 4.78 is 11.3. The molecular weight excluding hydrogens is 202 g/mol. The van der Waals surface area contributed by atoms with E-state index < -0.39 is 0 Å². The predicted octanol–water partition coefficient (Wildman–Crippen LogP) is 2.00. The first-order valence-electron chi connectivity index (χ1n) is 6.19. The summed E-state index contributed by atoms with van der Waals surface area (Å²) in [5.74, 6) is 2.10. The first-order valence-corrected chi connectivity index (χ1v) is 6.19. The smallest absolute Gasteiger partial charge is 0.116 e. The minimum Gasteiger partial charge on any atom is -0.466 e. The van der Waals surface area contributed by atoms with E-state index in [9.17, 15) is 0 Å². The molecule has 88 valence electrons. The Morgan fingerprint density at radius 3 is 2.69 bits per heavy atom. The molecule has 2 saturated heterocycles. The maximum Gasteiger partial charge on any atom is 0.116 e. The van der Waals surface area contributed by atoms with Crippen molar-refractivity contribution in [3.05, 3.63) is 23.7 Å². The molecule has 0 radical (unpaired) electrons. The predicted molar refractivity (Wildman–Crippen MR) is 61.6 cm³/mol. The Bertz CT molecular complexity index is 362. The molecule has 1 atom stereocenters. The summed E-state index contributed by atoms with van der Waals surface area (Å²) in [5, 5.41) is 3.63. The molecule has 0 saturated carbocycles. The van der Waals surface area contributed by atoms with E-state index in [0.717, 1.165) is 31.3 Å². The normalized spacial score (nSPS) is 28.7. The van der Waals surface area contributed by atoms with Crippen molar-refractivity contribution in [1.82, 2.24) is 5.32 Å². The van der Waals surface area contributed by atoms with Gasteiger partial charge in [0.25, 0.3) is 0 Å². The van der Waals surface area contributed by atoms with Gasteiger partial charge in [0.15, 0.2) is 0 Å². The molecule has 3 heteroatoms. The largest absolute Gasteiger partial charge is 0.466 e. The van der Waals surface area contributed by atoms with Crippen molar-refractivity contribution < 1.29 is 9.15 Å². The van der Waals surface area contributed by atoms with Crippen LogP contribution in [-0.4, -0.2) is 25.8 Å². The lowest BCUT2D eigenvalue weighted by molar-refractivity contribution is -0.0926. The highest BCUT2D eigenvalue weighted by molar-refractivity contribution is 5.24. The molecule has 1 unspecified atom stereocenters. The third-order valence-electron chi connectivity index (χ3n) is 3.93. The van der Waals surface area contributed by atoms with E-state index >= 15 is 0 Å². The lowest BCUT2D eigenvalue weighted by atomic mass is 9.73. The highest BCUT2D eigenvalue weighted by atomic mass is 16.5. The van der Waals surface area contributed by atoms with Crippen molar-refractivity contribution in [3.8, 4) is 0 Å². The summed E-state index contributed by atoms with van der Waals surface area (Å²) in [6, 6.07) is 4.70. The fourth-order valence-electron chi connectivity index (χ4n) is 2.86. The minimum atomic E-state index is 0.106. The SMILES string of the molecule is Cc1ccc(C2(C3CCCCN3)COC2)o1. The van der Waals surface area contributed by atoms with Gasteiger partial charge in [-0.3, -0.25) is 0 Å². The van der Waals surface area contributed by atoms with Crippen molar-refractivity contribution in [2.75, 3.05) is 19.8 Å². The van der Waals surface area contributed by atoms with E-state index in [4.69, 9.17) is 9.15 Å². The first-order chi connectivity index (χ1) is 7.81. The quantitative estimate of drug-likeness (QED) is 0.829. The van der Waals surface area contributed by atoms with Gasteiger partial charge in [-0.05, 0) is 38.4 Å². The third kappa shape index (κ3) is 1.50. The second-order valence-electron chi connectivity index (χ2n) is 5.06. The zero-order chi connectivity index (χ0) is 11.0.